The van der Waals surface area contributed by atoms with Crippen molar-refractivity contribution in [3.63, 3.8) is 0 Å². The Labute approximate surface area is 228 Å². The van der Waals surface area contributed by atoms with E-state index in [1.54, 1.807) is 12.1 Å². The summed E-state index contributed by atoms with van der Waals surface area (Å²) >= 11 is 5.91. The van der Waals surface area contributed by atoms with E-state index in [2.05, 4.69) is 11.8 Å². The Morgan fingerprint density at radius 3 is 2.53 bits per heavy atom. The van der Waals surface area contributed by atoms with E-state index in [9.17, 15) is 9.59 Å². The normalized spacial score (nSPS) is 15.5. The van der Waals surface area contributed by atoms with Crippen molar-refractivity contribution in [2.45, 2.75) is 44.9 Å². The molecule has 2 unspecified atom stereocenters. The fraction of sp³-hybridized carbons (Fsp3) is 0.290. The number of benzene rings is 3. The van der Waals surface area contributed by atoms with Crippen molar-refractivity contribution in [1.82, 2.24) is 4.90 Å². The minimum atomic E-state index is -0.848. The van der Waals surface area contributed by atoms with Gasteiger partial charge in [0.15, 0.2) is 0 Å². The molecule has 2 atom stereocenters. The molecule has 196 valence electrons. The van der Waals surface area contributed by atoms with Crippen molar-refractivity contribution in [3.05, 3.63) is 101 Å². The second-order valence-electron chi connectivity index (χ2n) is 9.25. The summed E-state index contributed by atoms with van der Waals surface area (Å²) in [6.07, 6.45) is -0.888. The summed E-state index contributed by atoms with van der Waals surface area (Å²) in [5, 5.41) is 0.662. The first-order valence-electron chi connectivity index (χ1n) is 12.5. The smallest absolute Gasteiger partial charge is 0.417 e. The van der Waals surface area contributed by atoms with Crippen LogP contribution in [0, 0.1) is 11.8 Å². The first-order valence-corrected chi connectivity index (χ1v) is 12.9. The van der Waals surface area contributed by atoms with Gasteiger partial charge in [-0.2, -0.15) is 0 Å². The van der Waals surface area contributed by atoms with E-state index in [-0.39, 0.29) is 31.8 Å². The van der Waals surface area contributed by atoms with Gasteiger partial charge >= 0.3 is 6.09 Å². The molecule has 4 rings (SSSR count). The summed E-state index contributed by atoms with van der Waals surface area (Å²) in [5.74, 6) is 6.25. The minimum absolute atomic E-state index is 0.161. The van der Waals surface area contributed by atoms with Crippen LogP contribution in [-0.4, -0.2) is 48.4 Å². The van der Waals surface area contributed by atoms with E-state index in [0.717, 1.165) is 16.7 Å². The molecule has 0 saturated carbocycles. The zero-order valence-corrected chi connectivity index (χ0v) is 22.2. The van der Waals surface area contributed by atoms with Crippen LogP contribution in [0.15, 0.2) is 78.9 Å². The fourth-order valence-electron chi connectivity index (χ4n) is 4.21. The number of cyclic esters (lactones) is 1. The quantitative estimate of drug-likeness (QED) is 0.332. The monoisotopic (exact) mass is 531 g/mol. The van der Waals surface area contributed by atoms with Crippen LogP contribution < -0.4 is 4.74 Å². The number of carbonyl (C=O) groups is 2. The van der Waals surface area contributed by atoms with Crippen molar-refractivity contribution in [1.29, 1.82) is 0 Å². The zero-order valence-electron chi connectivity index (χ0n) is 21.4. The van der Waals surface area contributed by atoms with Gasteiger partial charge in [0, 0.05) is 17.0 Å². The maximum Gasteiger partial charge on any atom is 0.417 e. The molecule has 1 aliphatic rings. The molecule has 1 heterocycles. The highest BCUT2D eigenvalue weighted by Crippen LogP contribution is 2.22. The lowest BCUT2D eigenvalue weighted by Crippen LogP contribution is -2.47. The molecule has 1 aliphatic heterocycles. The van der Waals surface area contributed by atoms with E-state index in [1.165, 1.54) is 4.90 Å². The van der Waals surface area contributed by atoms with Gasteiger partial charge in [-0.1, -0.05) is 65.9 Å². The molecule has 1 saturated heterocycles. The van der Waals surface area contributed by atoms with Gasteiger partial charge in [-0.3, -0.25) is 4.79 Å². The van der Waals surface area contributed by atoms with Crippen LogP contribution in [0.2, 0.25) is 5.02 Å². The molecule has 0 aromatic heterocycles. The standard InChI is InChI=1S/C31H30ClNO5/c1-22(2)38-29(30(34)33-27(21-37-31(33)35)18-24-8-4-3-5-9-24)20-25-10-6-12-28(19-25)36-17-7-11-23-13-15-26(32)16-14-23/h3-6,8-10,12-16,19,22,27,29H,17-18,20-21H2,1-2H3. The van der Waals surface area contributed by atoms with Crippen molar-refractivity contribution in [2.24, 2.45) is 0 Å². The molecule has 3 aromatic carbocycles. The van der Waals surface area contributed by atoms with Crippen molar-refractivity contribution < 1.29 is 23.8 Å². The van der Waals surface area contributed by atoms with Gasteiger partial charge in [0.05, 0.1) is 12.1 Å². The average Bonchev–Trinajstić information content (AvgIpc) is 3.27. The van der Waals surface area contributed by atoms with Gasteiger partial charge in [0.25, 0.3) is 5.91 Å². The van der Waals surface area contributed by atoms with Gasteiger partial charge in [0.2, 0.25) is 0 Å². The summed E-state index contributed by atoms with van der Waals surface area (Å²) in [4.78, 5) is 27.4. The molecule has 2 amide bonds. The van der Waals surface area contributed by atoms with Crippen LogP contribution in [0.1, 0.15) is 30.5 Å². The maximum absolute atomic E-state index is 13.6. The highest BCUT2D eigenvalue weighted by atomic mass is 35.5. The number of rotatable bonds is 9. The Morgan fingerprint density at radius 2 is 1.79 bits per heavy atom. The van der Waals surface area contributed by atoms with Crippen LogP contribution in [0.25, 0.3) is 0 Å². The summed E-state index contributed by atoms with van der Waals surface area (Å²) in [5.41, 5.74) is 2.73. The maximum atomic E-state index is 13.6. The Bertz CT molecular complexity index is 1300. The molecule has 1 fully saturated rings. The number of halogens is 1. The highest BCUT2D eigenvalue weighted by Gasteiger charge is 2.41. The molecule has 0 bridgehead atoms. The number of carbonyl (C=O) groups excluding carboxylic acids is 2. The SMILES string of the molecule is CC(C)OC(Cc1cccc(OCC#Cc2ccc(Cl)cc2)c1)C(=O)N1C(=O)OCC1Cc1ccccc1. The van der Waals surface area contributed by atoms with Crippen LogP contribution in [0.5, 0.6) is 5.75 Å². The predicted molar refractivity (Wildman–Crippen MR) is 146 cm³/mol. The van der Waals surface area contributed by atoms with E-state index in [0.29, 0.717) is 17.2 Å². The van der Waals surface area contributed by atoms with Gasteiger partial charge in [-0.15, -0.1) is 0 Å². The molecule has 0 aliphatic carbocycles. The second-order valence-corrected chi connectivity index (χ2v) is 9.69. The highest BCUT2D eigenvalue weighted by molar-refractivity contribution is 6.30. The minimum Gasteiger partial charge on any atom is -0.481 e. The number of ether oxygens (including phenoxy) is 3. The van der Waals surface area contributed by atoms with E-state index in [4.69, 9.17) is 25.8 Å². The lowest BCUT2D eigenvalue weighted by atomic mass is 10.0. The summed E-state index contributed by atoms with van der Waals surface area (Å²) < 4.78 is 17.1. The zero-order chi connectivity index (χ0) is 26.9. The molecule has 0 N–H and O–H groups in total. The summed E-state index contributed by atoms with van der Waals surface area (Å²) in [6, 6.07) is 24.1. The lowest BCUT2D eigenvalue weighted by Gasteiger charge is -2.26. The van der Waals surface area contributed by atoms with Gasteiger partial charge in [-0.25, -0.2) is 9.69 Å². The van der Waals surface area contributed by atoms with Crippen molar-refractivity contribution in [2.75, 3.05) is 13.2 Å². The lowest BCUT2D eigenvalue weighted by molar-refractivity contribution is -0.144. The summed E-state index contributed by atoms with van der Waals surface area (Å²) in [6.45, 7) is 4.10. The first-order chi connectivity index (χ1) is 18.4. The molecular formula is C31H30ClNO5. The number of nitrogens with zero attached hydrogens (tertiary/aromatic N) is 1. The third-order valence-corrected chi connectivity index (χ3v) is 6.18. The fourth-order valence-corrected chi connectivity index (χ4v) is 4.34. The van der Waals surface area contributed by atoms with Crippen LogP contribution in [0.3, 0.4) is 0 Å². The predicted octanol–water partition coefficient (Wildman–Crippen LogP) is 5.70. The molecule has 7 heteroatoms. The Hall–Kier alpha value is -3.79. The number of hydrogen-bond acceptors (Lipinski definition) is 5. The number of imide groups is 1. The third kappa shape index (κ3) is 7.61. The molecule has 0 spiro atoms. The summed E-state index contributed by atoms with van der Waals surface area (Å²) in [7, 11) is 0. The molecule has 6 nitrogen and oxygen atoms in total. The third-order valence-electron chi connectivity index (χ3n) is 5.93. The number of amides is 2. The Balaban J connectivity index is 1.43. The van der Waals surface area contributed by atoms with Gasteiger partial charge in [0.1, 0.15) is 25.1 Å². The molecule has 0 radical (unpaired) electrons. The van der Waals surface area contributed by atoms with Crippen molar-refractivity contribution in [3.8, 4) is 17.6 Å². The van der Waals surface area contributed by atoms with Crippen LogP contribution >= 0.6 is 11.6 Å². The Kier molecular flexibility index (Phi) is 9.42. The average molecular weight is 532 g/mol. The molecule has 3 aromatic rings. The largest absolute Gasteiger partial charge is 0.481 e. The van der Waals surface area contributed by atoms with E-state index in [1.807, 2.05) is 80.6 Å². The van der Waals surface area contributed by atoms with E-state index < -0.39 is 18.1 Å². The van der Waals surface area contributed by atoms with Crippen molar-refractivity contribution >= 4 is 23.6 Å². The first kappa shape index (κ1) is 27.3. The Morgan fingerprint density at radius 1 is 1.05 bits per heavy atom. The topological polar surface area (TPSA) is 65.1 Å². The number of hydrogen-bond donors (Lipinski definition) is 0. The molecular weight excluding hydrogens is 502 g/mol. The molecule has 38 heavy (non-hydrogen) atoms. The van der Waals surface area contributed by atoms with Crippen LogP contribution in [-0.2, 0) is 27.1 Å². The van der Waals surface area contributed by atoms with E-state index >= 15 is 0 Å². The van der Waals surface area contributed by atoms with Gasteiger partial charge in [-0.05, 0) is 67.8 Å². The second kappa shape index (κ2) is 13.1. The van der Waals surface area contributed by atoms with Gasteiger partial charge < -0.3 is 14.2 Å². The van der Waals surface area contributed by atoms with Crippen LogP contribution in [0.4, 0.5) is 4.79 Å².